The highest BCUT2D eigenvalue weighted by atomic mass is 35.5. The predicted molar refractivity (Wildman–Crippen MR) is 91.2 cm³/mol. The number of amides is 1. The van der Waals surface area contributed by atoms with Crippen LogP contribution in [-0.2, 0) is 4.79 Å². The first-order chi connectivity index (χ1) is 11.0. The van der Waals surface area contributed by atoms with Crippen molar-refractivity contribution in [2.75, 3.05) is 24.3 Å². The summed E-state index contributed by atoms with van der Waals surface area (Å²) in [6.07, 6.45) is 0.235. The number of anilines is 2. The average molecular weight is 357 g/mol. The molecule has 7 heteroatoms. The Labute approximate surface area is 143 Å². The van der Waals surface area contributed by atoms with Crippen molar-refractivity contribution in [1.29, 1.82) is 0 Å². The van der Waals surface area contributed by atoms with Crippen LogP contribution in [0.15, 0.2) is 36.4 Å². The lowest BCUT2D eigenvalue weighted by Crippen LogP contribution is -2.16. The second kappa shape index (κ2) is 8.04. The van der Waals surface area contributed by atoms with Gasteiger partial charge in [0.15, 0.2) is 0 Å². The number of nitrogens with one attached hydrogen (secondary N) is 2. The summed E-state index contributed by atoms with van der Waals surface area (Å²) >= 11 is 11.7. The van der Waals surface area contributed by atoms with Crippen molar-refractivity contribution in [3.63, 3.8) is 0 Å². The number of carbonyl (C=O) groups is 1. The largest absolute Gasteiger partial charge is 0.495 e. The molecule has 0 bridgehead atoms. The predicted octanol–water partition coefficient (Wildman–Crippen LogP) is 4.58. The van der Waals surface area contributed by atoms with Crippen molar-refractivity contribution in [3.05, 3.63) is 52.3 Å². The van der Waals surface area contributed by atoms with E-state index in [1.54, 1.807) is 24.3 Å². The maximum Gasteiger partial charge on any atom is 0.226 e. The second-order valence-electron chi connectivity index (χ2n) is 4.70. The van der Waals surface area contributed by atoms with Crippen LogP contribution in [-0.4, -0.2) is 19.6 Å². The van der Waals surface area contributed by atoms with E-state index >= 15 is 0 Å². The summed E-state index contributed by atoms with van der Waals surface area (Å²) in [7, 11) is 1.52. The number of benzene rings is 2. The van der Waals surface area contributed by atoms with Crippen LogP contribution in [0.1, 0.15) is 6.42 Å². The number of hydrogen-bond donors (Lipinski definition) is 2. The SMILES string of the molecule is COc1ccc(NC(=O)CCNc2ccc(F)c(Cl)c2)cc1Cl. The summed E-state index contributed by atoms with van der Waals surface area (Å²) in [6, 6.07) is 9.29. The first-order valence-electron chi connectivity index (χ1n) is 6.82. The van der Waals surface area contributed by atoms with Gasteiger partial charge in [0.25, 0.3) is 0 Å². The lowest BCUT2D eigenvalue weighted by molar-refractivity contribution is -0.115. The quantitative estimate of drug-likeness (QED) is 0.796. The van der Waals surface area contributed by atoms with Gasteiger partial charge in [0.1, 0.15) is 11.6 Å². The molecular formula is C16H15Cl2FN2O2. The highest BCUT2D eigenvalue weighted by Gasteiger charge is 2.06. The van der Waals surface area contributed by atoms with Crippen LogP contribution >= 0.6 is 23.2 Å². The summed E-state index contributed by atoms with van der Waals surface area (Å²) in [4.78, 5) is 11.9. The Morgan fingerprint density at radius 1 is 1.13 bits per heavy atom. The molecule has 0 spiro atoms. The zero-order valence-corrected chi connectivity index (χ0v) is 13.8. The molecule has 0 fully saturated rings. The van der Waals surface area contributed by atoms with Gasteiger partial charge in [-0.2, -0.15) is 0 Å². The molecule has 2 N–H and O–H groups in total. The van der Waals surface area contributed by atoms with Crippen molar-refractivity contribution in [2.24, 2.45) is 0 Å². The maximum absolute atomic E-state index is 13.0. The van der Waals surface area contributed by atoms with Gasteiger partial charge in [-0.25, -0.2) is 4.39 Å². The molecule has 0 heterocycles. The molecule has 0 saturated carbocycles. The Morgan fingerprint density at radius 2 is 1.83 bits per heavy atom. The summed E-state index contributed by atoms with van der Waals surface area (Å²) in [5, 5.41) is 6.19. The minimum Gasteiger partial charge on any atom is -0.495 e. The van der Waals surface area contributed by atoms with Gasteiger partial charge in [-0.3, -0.25) is 4.79 Å². The normalized spacial score (nSPS) is 10.3. The van der Waals surface area contributed by atoms with Crippen LogP contribution in [0, 0.1) is 5.82 Å². The maximum atomic E-state index is 13.0. The van der Waals surface area contributed by atoms with E-state index in [2.05, 4.69) is 10.6 Å². The van der Waals surface area contributed by atoms with E-state index < -0.39 is 5.82 Å². The molecule has 23 heavy (non-hydrogen) atoms. The molecule has 2 rings (SSSR count). The zero-order chi connectivity index (χ0) is 16.8. The Hall–Kier alpha value is -1.98. The Bertz CT molecular complexity index is 710. The molecule has 0 atom stereocenters. The van der Waals surface area contributed by atoms with Crippen molar-refractivity contribution >= 4 is 40.5 Å². The van der Waals surface area contributed by atoms with Crippen LogP contribution in [0.25, 0.3) is 0 Å². The molecule has 122 valence electrons. The fourth-order valence-corrected chi connectivity index (χ4v) is 2.33. The smallest absolute Gasteiger partial charge is 0.226 e. The number of rotatable bonds is 6. The van der Waals surface area contributed by atoms with E-state index in [9.17, 15) is 9.18 Å². The molecule has 0 aliphatic rings. The van der Waals surface area contributed by atoms with Gasteiger partial charge in [-0.1, -0.05) is 23.2 Å². The van der Waals surface area contributed by atoms with Gasteiger partial charge in [0.2, 0.25) is 5.91 Å². The topological polar surface area (TPSA) is 50.4 Å². The third kappa shape index (κ3) is 5.01. The first kappa shape index (κ1) is 17.4. The minimum atomic E-state index is -0.480. The molecule has 2 aromatic rings. The van der Waals surface area contributed by atoms with E-state index in [0.29, 0.717) is 28.7 Å². The standard InChI is InChI=1S/C16H15Cl2FN2O2/c1-23-15-5-3-11(9-13(15)18)21-16(22)6-7-20-10-2-4-14(19)12(17)8-10/h2-5,8-9,20H,6-7H2,1H3,(H,21,22). The lowest BCUT2D eigenvalue weighted by Gasteiger charge is -2.09. The van der Waals surface area contributed by atoms with Crippen molar-refractivity contribution in [1.82, 2.24) is 0 Å². The van der Waals surface area contributed by atoms with E-state index in [1.165, 1.54) is 19.2 Å². The number of carbonyl (C=O) groups excluding carboxylic acids is 1. The number of halogens is 3. The van der Waals surface area contributed by atoms with Gasteiger partial charge < -0.3 is 15.4 Å². The Balaban J connectivity index is 1.83. The zero-order valence-electron chi connectivity index (χ0n) is 12.3. The minimum absolute atomic E-state index is 0.0346. The van der Waals surface area contributed by atoms with E-state index in [4.69, 9.17) is 27.9 Å². The van der Waals surface area contributed by atoms with Crippen LogP contribution in [0.3, 0.4) is 0 Å². The van der Waals surface area contributed by atoms with Gasteiger partial charge in [-0.05, 0) is 36.4 Å². The van der Waals surface area contributed by atoms with Gasteiger partial charge in [0, 0.05) is 24.3 Å². The van der Waals surface area contributed by atoms with Crippen molar-refractivity contribution in [2.45, 2.75) is 6.42 Å². The third-order valence-corrected chi connectivity index (χ3v) is 3.62. The number of methoxy groups -OCH3 is 1. The summed E-state index contributed by atoms with van der Waals surface area (Å²) in [5.74, 6) is -0.113. The van der Waals surface area contributed by atoms with Crippen LogP contribution in [0.4, 0.5) is 15.8 Å². The summed E-state index contributed by atoms with van der Waals surface area (Å²) < 4.78 is 18.1. The van der Waals surface area contributed by atoms with Gasteiger partial charge in [0.05, 0.1) is 17.2 Å². The van der Waals surface area contributed by atoms with Crippen molar-refractivity contribution < 1.29 is 13.9 Å². The number of ether oxygens (including phenoxy) is 1. The number of hydrogen-bond acceptors (Lipinski definition) is 3. The van der Waals surface area contributed by atoms with E-state index in [0.717, 1.165) is 0 Å². The molecule has 4 nitrogen and oxygen atoms in total. The Kier molecular flexibility index (Phi) is 6.07. The molecule has 0 radical (unpaired) electrons. The van der Waals surface area contributed by atoms with Gasteiger partial charge in [-0.15, -0.1) is 0 Å². The highest BCUT2D eigenvalue weighted by molar-refractivity contribution is 6.32. The molecule has 0 unspecified atom stereocenters. The average Bonchev–Trinajstić information content (AvgIpc) is 2.51. The summed E-state index contributed by atoms with van der Waals surface area (Å²) in [5.41, 5.74) is 1.24. The fraction of sp³-hybridized carbons (Fsp3) is 0.188. The van der Waals surface area contributed by atoms with Crippen LogP contribution in [0.5, 0.6) is 5.75 Å². The van der Waals surface area contributed by atoms with Gasteiger partial charge >= 0.3 is 0 Å². The third-order valence-electron chi connectivity index (χ3n) is 3.04. The van der Waals surface area contributed by atoms with Crippen molar-refractivity contribution in [3.8, 4) is 5.75 Å². The summed E-state index contributed by atoms with van der Waals surface area (Å²) in [6.45, 7) is 0.387. The van der Waals surface area contributed by atoms with E-state index in [1.807, 2.05) is 0 Å². The fourth-order valence-electron chi connectivity index (χ4n) is 1.89. The monoisotopic (exact) mass is 356 g/mol. The second-order valence-corrected chi connectivity index (χ2v) is 5.52. The molecule has 0 aromatic heterocycles. The lowest BCUT2D eigenvalue weighted by atomic mass is 10.2. The molecule has 0 saturated heterocycles. The molecule has 1 amide bonds. The molecule has 2 aromatic carbocycles. The Morgan fingerprint density at radius 3 is 2.48 bits per heavy atom. The molecular weight excluding hydrogens is 342 g/mol. The van der Waals surface area contributed by atoms with Crippen LogP contribution in [0.2, 0.25) is 10.0 Å². The molecule has 0 aliphatic heterocycles. The van der Waals surface area contributed by atoms with Crippen LogP contribution < -0.4 is 15.4 Å². The first-order valence-corrected chi connectivity index (χ1v) is 7.57. The molecule has 0 aliphatic carbocycles. The highest BCUT2D eigenvalue weighted by Crippen LogP contribution is 2.27. The van der Waals surface area contributed by atoms with E-state index in [-0.39, 0.29) is 17.4 Å².